The van der Waals surface area contributed by atoms with Gasteiger partial charge >= 0.3 is 0 Å². The van der Waals surface area contributed by atoms with Gasteiger partial charge in [0, 0.05) is 18.4 Å². The maximum absolute atomic E-state index is 8.51. The lowest BCUT2D eigenvalue weighted by Gasteiger charge is -2.18. The van der Waals surface area contributed by atoms with E-state index in [1.807, 2.05) is 18.5 Å². The zero-order valence-electron chi connectivity index (χ0n) is 8.72. The van der Waals surface area contributed by atoms with Gasteiger partial charge in [-0.15, -0.1) is 0 Å². The van der Waals surface area contributed by atoms with Crippen molar-refractivity contribution in [3.63, 3.8) is 0 Å². The Hall–Kier alpha value is -1.07. The van der Waals surface area contributed by atoms with Crippen LogP contribution >= 0.6 is 0 Å². The van der Waals surface area contributed by atoms with Crippen molar-refractivity contribution in [2.24, 2.45) is 0 Å². The molecule has 0 aliphatic carbocycles. The third-order valence-electron chi connectivity index (χ3n) is 2.59. The van der Waals surface area contributed by atoms with Gasteiger partial charge in [0.1, 0.15) is 0 Å². The van der Waals surface area contributed by atoms with Crippen LogP contribution in [0.3, 0.4) is 0 Å². The summed E-state index contributed by atoms with van der Waals surface area (Å²) in [6, 6.07) is 4.79. The molecular formula is C10H15N3OS. The smallest absolute Gasteiger partial charge is 0.196 e. The van der Waals surface area contributed by atoms with Crippen LogP contribution in [0.2, 0.25) is 0 Å². The van der Waals surface area contributed by atoms with Gasteiger partial charge in [-0.1, -0.05) is 6.07 Å². The fourth-order valence-corrected chi connectivity index (χ4v) is 1.90. The van der Waals surface area contributed by atoms with Crippen LogP contribution in [0.25, 0.3) is 0 Å². The molecule has 1 N–H and O–H groups in total. The topological polar surface area (TPSA) is 57.1 Å². The minimum absolute atomic E-state index is 0.250. The molecule has 0 aromatic carbocycles. The Labute approximate surface area is 93.4 Å². The molecule has 0 amide bonds. The summed E-state index contributed by atoms with van der Waals surface area (Å²) in [6.45, 7) is 1.22. The average molecular weight is 225 g/mol. The Morgan fingerprint density at radius 1 is 1.67 bits per heavy atom. The van der Waals surface area contributed by atoms with Crippen LogP contribution in [-0.4, -0.2) is 27.7 Å². The van der Waals surface area contributed by atoms with Gasteiger partial charge in [0.05, 0.1) is 0 Å². The number of pyridine rings is 1. The molecule has 1 aromatic rings. The molecule has 4 nitrogen and oxygen atoms in total. The molecule has 1 atom stereocenters. The molecule has 5 heteroatoms. The maximum Gasteiger partial charge on any atom is 0.196 e. The molecule has 0 saturated carbocycles. The maximum atomic E-state index is 8.51. The van der Waals surface area contributed by atoms with Crippen LogP contribution in [0.4, 0.5) is 0 Å². The summed E-state index contributed by atoms with van der Waals surface area (Å²) in [5, 5.41) is 0. The van der Waals surface area contributed by atoms with E-state index >= 15 is 0 Å². The normalized spacial score (nSPS) is 20.5. The SMILES string of the molecule is CN1CCCC1c1cccnc1.N=S=O. The van der Waals surface area contributed by atoms with Gasteiger partial charge < -0.3 is 0 Å². The van der Waals surface area contributed by atoms with Gasteiger partial charge in [-0.2, -0.15) is 4.21 Å². The Morgan fingerprint density at radius 3 is 2.87 bits per heavy atom. The molecule has 2 rings (SSSR count). The first-order valence-corrected chi connectivity index (χ1v) is 5.59. The van der Waals surface area contributed by atoms with Crippen LogP contribution in [0.15, 0.2) is 24.5 Å². The summed E-state index contributed by atoms with van der Waals surface area (Å²) < 4.78 is 14.1. The Bertz CT molecular complexity index is 325. The van der Waals surface area contributed by atoms with E-state index in [0.29, 0.717) is 6.04 Å². The summed E-state index contributed by atoms with van der Waals surface area (Å²) in [5.41, 5.74) is 1.36. The zero-order valence-corrected chi connectivity index (χ0v) is 9.54. The Morgan fingerprint density at radius 2 is 2.40 bits per heavy atom. The van der Waals surface area contributed by atoms with Crippen LogP contribution in [0, 0.1) is 4.78 Å². The van der Waals surface area contributed by atoms with Crippen molar-refractivity contribution in [1.82, 2.24) is 9.88 Å². The van der Waals surface area contributed by atoms with E-state index in [4.69, 9.17) is 8.99 Å². The average Bonchev–Trinajstić information content (AvgIpc) is 2.67. The van der Waals surface area contributed by atoms with Crippen LogP contribution < -0.4 is 0 Å². The van der Waals surface area contributed by atoms with Crippen LogP contribution in [0.5, 0.6) is 0 Å². The second-order valence-electron chi connectivity index (χ2n) is 3.51. The molecule has 15 heavy (non-hydrogen) atoms. The molecule has 1 aliphatic rings. The molecule has 1 saturated heterocycles. The van der Waals surface area contributed by atoms with E-state index in [9.17, 15) is 0 Å². The second kappa shape index (κ2) is 6.42. The lowest BCUT2D eigenvalue weighted by atomic mass is 10.1. The number of likely N-dealkylation sites (tertiary alicyclic amines) is 1. The number of hydrogen-bond donors (Lipinski definition) is 1. The molecule has 0 spiro atoms. The molecule has 82 valence electrons. The van der Waals surface area contributed by atoms with Crippen LogP contribution in [0.1, 0.15) is 24.4 Å². The van der Waals surface area contributed by atoms with E-state index in [0.717, 1.165) is 0 Å². The largest absolute Gasteiger partial charge is 0.299 e. The molecule has 1 unspecified atom stereocenters. The summed E-state index contributed by atoms with van der Waals surface area (Å²) in [6.07, 6.45) is 6.41. The first-order chi connectivity index (χ1) is 7.29. The van der Waals surface area contributed by atoms with Crippen molar-refractivity contribution in [2.75, 3.05) is 13.6 Å². The zero-order chi connectivity index (χ0) is 11.1. The number of nitrogens with one attached hydrogen (secondary N) is 1. The van der Waals surface area contributed by atoms with E-state index in [2.05, 4.69) is 23.0 Å². The van der Waals surface area contributed by atoms with E-state index in [1.54, 1.807) is 0 Å². The lowest BCUT2D eigenvalue weighted by molar-refractivity contribution is 0.317. The predicted octanol–water partition coefficient (Wildman–Crippen LogP) is 1.81. The Balaban J connectivity index is 0.000000337. The van der Waals surface area contributed by atoms with Gasteiger partial charge in [0.2, 0.25) is 0 Å². The first-order valence-electron chi connectivity index (χ1n) is 4.85. The highest BCUT2D eigenvalue weighted by Crippen LogP contribution is 2.29. The number of hydrogen-bond acceptors (Lipinski definition) is 4. The quantitative estimate of drug-likeness (QED) is 0.793. The van der Waals surface area contributed by atoms with Gasteiger partial charge in [-0.3, -0.25) is 9.88 Å². The molecule has 0 bridgehead atoms. The Kier molecular flexibility index (Phi) is 5.14. The van der Waals surface area contributed by atoms with Gasteiger partial charge in [0.25, 0.3) is 0 Å². The van der Waals surface area contributed by atoms with Gasteiger partial charge in [-0.25, -0.2) is 4.78 Å². The molecule has 1 fully saturated rings. The monoisotopic (exact) mass is 225 g/mol. The highest BCUT2D eigenvalue weighted by atomic mass is 32.1. The van der Waals surface area contributed by atoms with E-state index < -0.39 is 0 Å². The predicted molar refractivity (Wildman–Crippen MR) is 59.7 cm³/mol. The molecular weight excluding hydrogens is 210 g/mol. The van der Waals surface area contributed by atoms with Gasteiger partial charge in [-0.05, 0) is 38.1 Å². The molecule has 1 aliphatic heterocycles. The number of aromatic nitrogens is 1. The molecule has 0 radical (unpaired) electrons. The van der Waals surface area contributed by atoms with Crippen molar-refractivity contribution in [3.05, 3.63) is 30.1 Å². The van der Waals surface area contributed by atoms with Gasteiger partial charge in [0.15, 0.2) is 11.5 Å². The fraction of sp³-hybridized carbons (Fsp3) is 0.500. The summed E-state index contributed by atoms with van der Waals surface area (Å²) >= 11 is -0.250. The third kappa shape index (κ3) is 3.53. The lowest BCUT2D eigenvalue weighted by Crippen LogP contribution is -2.17. The molecule has 2 heterocycles. The standard InChI is InChI=1S/C10H14N2.HNOS/c1-12-7-3-5-10(12)9-4-2-6-11-8-9;1-3-2/h2,4,6,8,10H,3,5,7H2,1H3;1H. The first kappa shape index (κ1) is 12.0. The van der Waals surface area contributed by atoms with E-state index in [1.165, 1.54) is 24.9 Å². The van der Waals surface area contributed by atoms with Crippen molar-refractivity contribution in [2.45, 2.75) is 18.9 Å². The highest BCUT2D eigenvalue weighted by molar-refractivity contribution is 7.53. The fourth-order valence-electron chi connectivity index (χ4n) is 1.90. The molecule has 1 aromatic heterocycles. The van der Waals surface area contributed by atoms with Crippen molar-refractivity contribution < 1.29 is 4.21 Å². The third-order valence-corrected chi connectivity index (χ3v) is 2.59. The second-order valence-corrected chi connectivity index (χ2v) is 3.67. The summed E-state index contributed by atoms with van der Waals surface area (Å²) in [5.74, 6) is 0. The minimum atomic E-state index is -0.250. The highest BCUT2D eigenvalue weighted by Gasteiger charge is 2.21. The van der Waals surface area contributed by atoms with E-state index in [-0.39, 0.29) is 11.5 Å². The summed E-state index contributed by atoms with van der Waals surface area (Å²) in [7, 11) is 2.19. The summed E-state index contributed by atoms with van der Waals surface area (Å²) in [4.78, 5) is 6.54. The van der Waals surface area contributed by atoms with Crippen molar-refractivity contribution >= 4 is 11.5 Å². The van der Waals surface area contributed by atoms with Crippen molar-refractivity contribution in [3.8, 4) is 0 Å². The van der Waals surface area contributed by atoms with Crippen LogP contribution in [-0.2, 0) is 11.5 Å². The number of rotatable bonds is 1. The number of nitrogens with zero attached hydrogens (tertiary/aromatic N) is 2. The van der Waals surface area contributed by atoms with Crippen molar-refractivity contribution in [1.29, 1.82) is 4.78 Å². The minimum Gasteiger partial charge on any atom is -0.299 e.